The van der Waals surface area contributed by atoms with Crippen LogP contribution in [-0.2, 0) is 0 Å². The first-order valence-corrected chi connectivity index (χ1v) is 6.53. The second-order valence-electron chi connectivity index (χ2n) is 4.66. The largest absolute Gasteiger partial charge is 0.573 e. The first-order chi connectivity index (χ1) is 10.7. The molecule has 0 atom stereocenters. The van der Waals surface area contributed by atoms with Gasteiger partial charge in [0, 0.05) is 16.8 Å². The molecule has 0 aromatic heterocycles. The van der Waals surface area contributed by atoms with E-state index < -0.39 is 12.3 Å². The Balaban J connectivity index is 2.03. The summed E-state index contributed by atoms with van der Waals surface area (Å²) in [4.78, 5) is 23.2. The molecule has 0 spiro atoms. The minimum Gasteiger partial charge on any atom is -0.406 e. The number of carbonyl (C=O) groups excluding carboxylic acids is 2. The predicted molar refractivity (Wildman–Crippen MR) is 77.5 cm³/mol. The number of anilines is 1. The lowest BCUT2D eigenvalue weighted by Crippen LogP contribution is -2.17. The summed E-state index contributed by atoms with van der Waals surface area (Å²) >= 11 is 0. The van der Waals surface area contributed by atoms with Crippen molar-refractivity contribution in [1.82, 2.24) is 0 Å². The van der Waals surface area contributed by atoms with Crippen LogP contribution in [0.2, 0.25) is 0 Å². The van der Waals surface area contributed by atoms with Crippen molar-refractivity contribution in [3.8, 4) is 5.75 Å². The van der Waals surface area contributed by atoms with Crippen molar-refractivity contribution >= 4 is 17.4 Å². The highest BCUT2D eigenvalue weighted by Crippen LogP contribution is 2.24. The third-order valence-corrected chi connectivity index (χ3v) is 2.90. The van der Waals surface area contributed by atoms with Gasteiger partial charge in [0.1, 0.15) is 5.75 Å². The van der Waals surface area contributed by atoms with E-state index >= 15 is 0 Å². The summed E-state index contributed by atoms with van der Waals surface area (Å²) in [5, 5.41) is 2.54. The average molecular weight is 323 g/mol. The van der Waals surface area contributed by atoms with E-state index in [1.807, 2.05) is 0 Å². The van der Waals surface area contributed by atoms with Gasteiger partial charge in [0.15, 0.2) is 5.78 Å². The Morgan fingerprint density at radius 3 is 1.91 bits per heavy atom. The molecule has 0 saturated carbocycles. The fourth-order valence-electron chi connectivity index (χ4n) is 1.80. The van der Waals surface area contributed by atoms with E-state index in [-0.39, 0.29) is 11.5 Å². The van der Waals surface area contributed by atoms with E-state index in [1.54, 1.807) is 0 Å². The lowest BCUT2D eigenvalue weighted by molar-refractivity contribution is -0.274. The van der Waals surface area contributed by atoms with Gasteiger partial charge >= 0.3 is 6.36 Å². The highest BCUT2D eigenvalue weighted by atomic mass is 19.4. The fraction of sp³-hybridized carbons (Fsp3) is 0.125. The van der Waals surface area contributed by atoms with E-state index in [2.05, 4.69) is 10.1 Å². The van der Waals surface area contributed by atoms with E-state index in [0.717, 1.165) is 12.1 Å². The molecule has 2 aromatic carbocycles. The second-order valence-corrected chi connectivity index (χ2v) is 4.66. The summed E-state index contributed by atoms with van der Waals surface area (Å²) in [7, 11) is 0. The van der Waals surface area contributed by atoms with Gasteiger partial charge in [-0.05, 0) is 43.3 Å². The molecule has 23 heavy (non-hydrogen) atoms. The Hall–Kier alpha value is -2.83. The molecule has 120 valence electrons. The van der Waals surface area contributed by atoms with Crippen LogP contribution in [0.3, 0.4) is 0 Å². The van der Waals surface area contributed by atoms with Crippen LogP contribution in [0.25, 0.3) is 0 Å². The first-order valence-electron chi connectivity index (χ1n) is 6.53. The molecule has 0 aliphatic heterocycles. The highest BCUT2D eigenvalue weighted by Gasteiger charge is 2.30. The van der Waals surface area contributed by atoms with Gasteiger partial charge in [-0.1, -0.05) is 12.1 Å². The molecule has 1 N–H and O–H groups in total. The zero-order valence-electron chi connectivity index (χ0n) is 12.0. The summed E-state index contributed by atoms with van der Waals surface area (Å²) < 4.78 is 39.9. The van der Waals surface area contributed by atoms with Crippen molar-refractivity contribution in [1.29, 1.82) is 0 Å². The maximum Gasteiger partial charge on any atom is 0.573 e. The van der Waals surface area contributed by atoms with Gasteiger partial charge in [-0.2, -0.15) is 0 Å². The van der Waals surface area contributed by atoms with Crippen LogP contribution >= 0.6 is 0 Å². The quantitative estimate of drug-likeness (QED) is 0.864. The smallest absolute Gasteiger partial charge is 0.406 e. The summed E-state index contributed by atoms with van der Waals surface area (Å²) in [5.74, 6) is -0.928. The molecule has 0 radical (unpaired) electrons. The standard InChI is InChI=1S/C16H12F3NO3/c1-10(21)11-2-4-12(5-3-11)15(22)20-13-6-8-14(9-7-13)23-16(17,18)19/h2-9H,1H3,(H,20,22). The molecule has 0 unspecified atom stereocenters. The van der Waals surface area contributed by atoms with Crippen LogP contribution in [0.5, 0.6) is 5.75 Å². The number of alkyl halides is 3. The summed E-state index contributed by atoms with van der Waals surface area (Å²) in [6.07, 6.45) is -4.76. The van der Waals surface area contributed by atoms with Gasteiger partial charge in [0.05, 0.1) is 0 Å². The second kappa shape index (κ2) is 6.51. The van der Waals surface area contributed by atoms with Crippen LogP contribution in [-0.4, -0.2) is 18.1 Å². The SMILES string of the molecule is CC(=O)c1ccc(C(=O)Nc2ccc(OC(F)(F)F)cc2)cc1. The van der Waals surface area contributed by atoms with Gasteiger partial charge < -0.3 is 10.1 Å². The molecule has 0 heterocycles. The number of ketones is 1. The number of halogens is 3. The lowest BCUT2D eigenvalue weighted by atomic mass is 10.1. The van der Waals surface area contributed by atoms with E-state index in [0.29, 0.717) is 16.8 Å². The minimum absolute atomic E-state index is 0.114. The zero-order valence-corrected chi connectivity index (χ0v) is 12.0. The van der Waals surface area contributed by atoms with Crippen molar-refractivity contribution in [3.63, 3.8) is 0 Å². The van der Waals surface area contributed by atoms with Crippen LogP contribution in [0, 0.1) is 0 Å². The van der Waals surface area contributed by atoms with Crippen molar-refractivity contribution in [2.45, 2.75) is 13.3 Å². The molecule has 1 amide bonds. The summed E-state index contributed by atoms with van der Waals surface area (Å²) in [5.41, 5.74) is 1.13. The lowest BCUT2D eigenvalue weighted by Gasteiger charge is -2.10. The number of benzene rings is 2. The van der Waals surface area contributed by atoms with Gasteiger partial charge in [0.25, 0.3) is 5.91 Å². The molecule has 2 rings (SSSR count). The van der Waals surface area contributed by atoms with Crippen LogP contribution in [0.1, 0.15) is 27.6 Å². The number of carbonyl (C=O) groups is 2. The zero-order chi connectivity index (χ0) is 17.0. The van der Waals surface area contributed by atoms with Gasteiger partial charge in [-0.25, -0.2) is 0 Å². The number of hydrogen-bond donors (Lipinski definition) is 1. The maximum absolute atomic E-state index is 12.0. The monoisotopic (exact) mass is 323 g/mol. The molecule has 0 fully saturated rings. The summed E-state index contributed by atoms with van der Waals surface area (Å²) in [6.45, 7) is 1.42. The Labute approximate surface area is 129 Å². The Bertz CT molecular complexity index is 707. The fourth-order valence-corrected chi connectivity index (χ4v) is 1.80. The van der Waals surface area contributed by atoms with Crippen molar-refractivity contribution < 1.29 is 27.5 Å². The van der Waals surface area contributed by atoms with Crippen LogP contribution in [0.15, 0.2) is 48.5 Å². The molecule has 4 nitrogen and oxygen atoms in total. The topological polar surface area (TPSA) is 55.4 Å². The molecule has 7 heteroatoms. The van der Waals surface area contributed by atoms with E-state index in [1.165, 1.54) is 43.3 Å². The van der Waals surface area contributed by atoms with Gasteiger partial charge in [-0.15, -0.1) is 13.2 Å². The molecule has 2 aromatic rings. The molecular weight excluding hydrogens is 311 g/mol. The molecule has 0 bridgehead atoms. The van der Waals surface area contributed by atoms with Gasteiger partial charge in [0.2, 0.25) is 0 Å². The number of amides is 1. The van der Waals surface area contributed by atoms with E-state index in [4.69, 9.17) is 0 Å². The number of rotatable bonds is 4. The molecular formula is C16H12F3NO3. The highest BCUT2D eigenvalue weighted by molar-refractivity contribution is 6.05. The molecule has 0 aliphatic rings. The normalized spacial score (nSPS) is 11.0. The maximum atomic E-state index is 12.0. The third-order valence-electron chi connectivity index (χ3n) is 2.90. The van der Waals surface area contributed by atoms with Crippen molar-refractivity contribution in [3.05, 3.63) is 59.7 Å². The predicted octanol–water partition coefficient (Wildman–Crippen LogP) is 4.04. The summed E-state index contributed by atoms with van der Waals surface area (Å²) in [6, 6.07) is 10.8. The Morgan fingerprint density at radius 1 is 0.913 bits per heavy atom. The van der Waals surface area contributed by atoms with Crippen LogP contribution < -0.4 is 10.1 Å². The number of ether oxygens (including phenoxy) is 1. The Kier molecular flexibility index (Phi) is 4.68. The minimum atomic E-state index is -4.76. The average Bonchev–Trinajstić information content (AvgIpc) is 2.48. The van der Waals surface area contributed by atoms with Crippen LogP contribution in [0.4, 0.5) is 18.9 Å². The third kappa shape index (κ3) is 4.84. The number of hydrogen-bond acceptors (Lipinski definition) is 3. The number of Topliss-reactive ketones (excluding diaryl/α,β-unsaturated/α-hetero) is 1. The van der Waals surface area contributed by atoms with Crippen molar-refractivity contribution in [2.75, 3.05) is 5.32 Å². The van der Waals surface area contributed by atoms with Gasteiger partial charge in [-0.3, -0.25) is 9.59 Å². The first kappa shape index (κ1) is 16.5. The molecule has 0 aliphatic carbocycles. The molecule has 0 saturated heterocycles. The Morgan fingerprint density at radius 2 is 1.43 bits per heavy atom. The van der Waals surface area contributed by atoms with E-state index in [9.17, 15) is 22.8 Å². The number of nitrogens with one attached hydrogen (secondary N) is 1. The van der Waals surface area contributed by atoms with Crippen molar-refractivity contribution in [2.24, 2.45) is 0 Å².